The number of aromatic amines is 1. The standard InChI is InChI=1S/C15H16N2O2S/c1-3-11-9-13(11)10(2)17-20(18,19)14-6-4-5-12-7-8-16-15(12)14/h3-8,11,13,16-17H,1-2,9H2/t11?,13-/m1/s1. The van der Waals surface area contributed by atoms with E-state index in [0.29, 0.717) is 17.1 Å². The van der Waals surface area contributed by atoms with Crippen LogP contribution in [0.4, 0.5) is 0 Å². The molecule has 1 aliphatic rings. The number of nitrogens with one attached hydrogen (secondary N) is 2. The Labute approximate surface area is 118 Å². The molecule has 5 heteroatoms. The van der Waals surface area contributed by atoms with E-state index < -0.39 is 10.0 Å². The number of sulfonamides is 1. The van der Waals surface area contributed by atoms with Gasteiger partial charge in [0.2, 0.25) is 0 Å². The highest BCUT2D eigenvalue weighted by Gasteiger charge is 2.38. The van der Waals surface area contributed by atoms with Crippen LogP contribution in [0.1, 0.15) is 6.42 Å². The molecule has 1 fully saturated rings. The zero-order valence-electron chi connectivity index (χ0n) is 11.0. The Hall–Kier alpha value is -2.01. The molecule has 1 saturated carbocycles. The van der Waals surface area contributed by atoms with E-state index >= 15 is 0 Å². The molecule has 1 heterocycles. The Kier molecular flexibility index (Phi) is 2.94. The number of fused-ring (bicyclic) bond motifs is 1. The van der Waals surface area contributed by atoms with Crippen LogP contribution in [0, 0.1) is 11.8 Å². The van der Waals surface area contributed by atoms with E-state index in [9.17, 15) is 8.42 Å². The van der Waals surface area contributed by atoms with E-state index in [4.69, 9.17) is 0 Å². The summed E-state index contributed by atoms with van der Waals surface area (Å²) in [5.41, 5.74) is 1.15. The summed E-state index contributed by atoms with van der Waals surface area (Å²) in [6.45, 7) is 7.57. The number of benzene rings is 1. The van der Waals surface area contributed by atoms with E-state index in [1.807, 2.05) is 18.2 Å². The van der Waals surface area contributed by atoms with Crippen molar-refractivity contribution in [2.45, 2.75) is 11.3 Å². The molecular formula is C15H16N2O2S. The van der Waals surface area contributed by atoms with Gasteiger partial charge in [-0.1, -0.05) is 24.8 Å². The minimum atomic E-state index is -3.61. The van der Waals surface area contributed by atoms with Gasteiger partial charge in [-0.3, -0.25) is 4.72 Å². The second-order valence-corrected chi connectivity index (χ2v) is 6.72. The first-order valence-corrected chi connectivity index (χ1v) is 7.91. The molecule has 0 radical (unpaired) electrons. The first kappa shape index (κ1) is 13.0. The van der Waals surface area contributed by atoms with Gasteiger partial charge in [0, 0.05) is 23.2 Å². The number of aromatic nitrogens is 1. The zero-order valence-corrected chi connectivity index (χ0v) is 11.8. The summed E-state index contributed by atoms with van der Waals surface area (Å²) in [5, 5.41) is 0.869. The van der Waals surface area contributed by atoms with E-state index in [1.54, 1.807) is 18.3 Å². The number of hydrogen-bond acceptors (Lipinski definition) is 2. The van der Waals surface area contributed by atoms with Crippen LogP contribution in [-0.2, 0) is 10.0 Å². The fourth-order valence-corrected chi connectivity index (χ4v) is 3.77. The van der Waals surface area contributed by atoms with Crippen molar-refractivity contribution in [3.63, 3.8) is 0 Å². The molecule has 2 N–H and O–H groups in total. The highest BCUT2D eigenvalue weighted by molar-refractivity contribution is 7.89. The van der Waals surface area contributed by atoms with Gasteiger partial charge in [-0.05, 0) is 24.5 Å². The fourth-order valence-electron chi connectivity index (χ4n) is 2.46. The third kappa shape index (κ3) is 2.14. The first-order chi connectivity index (χ1) is 9.53. The number of para-hydroxylation sites is 1. The van der Waals surface area contributed by atoms with Crippen LogP contribution in [0.5, 0.6) is 0 Å². The Morgan fingerprint density at radius 3 is 2.90 bits per heavy atom. The molecule has 2 aromatic rings. The predicted molar refractivity (Wildman–Crippen MR) is 79.6 cm³/mol. The van der Waals surface area contributed by atoms with Crippen molar-refractivity contribution < 1.29 is 8.42 Å². The molecule has 1 unspecified atom stereocenters. The summed E-state index contributed by atoms with van der Waals surface area (Å²) in [6, 6.07) is 7.04. The van der Waals surface area contributed by atoms with Crippen LogP contribution in [0.25, 0.3) is 10.9 Å². The van der Waals surface area contributed by atoms with Crippen LogP contribution < -0.4 is 4.72 Å². The average molecular weight is 288 g/mol. The third-order valence-corrected chi connectivity index (χ3v) is 5.14. The van der Waals surface area contributed by atoms with Crippen molar-refractivity contribution in [3.05, 3.63) is 55.4 Å². The molecule has 2 atom stereocenters. The number of allylic oxidation sites excluding steroid dienone is 2. The van der Waals surface area contributed by atoms with Gasteiger partial charge in [-0.25, -0.2) is 8.42 Å². The number of H-pyrrole nitrogens is 1. The average Bonchev–Trinajstić information content (AvgIpc) is 3.06. The van der Waals surface area contributed by atoms with Crippen LogP contribution >= 0.6 is 0 Å². The lowest BCUT2D eigenvalue weighted by Crippen LogP contribution is -2.24. The van der Waals surface area contributed by atoms with Gasteiger partial charge >= 0.3 is 0 Å². The second-order valence-electron chi connectivity index (χ2n) is 5.07. The summed E-state index contributed by atoms with van der Waals surface area (Å²) in [7, 11) is -3.61. The minimum absolute atomic E-state index is 0.171. The maximum atomic E-state index is 12.5. The van der Waals surface area contributed by atoms with Gasteiger partial charge in [0.05, 0.1) is 5.52 Å². The highest BCUT2D eigenvalue weighted by atomic mass is 32.2. The van der Waals surface area contributed by atoms with Gasteiger partial charge in [-0.2, -0.15) is 0 Å². The van der Waals surface area contributed by atoms with Crippen molar-refractivity contribution >= 4 is 20.9 Å². The molecular weight excluding hydrogens is 272 g/mol. The lowest BCUT2D eigenvalue weighted by atomic mass is 10.2. The van der Waals surface area contributed by atoms with E-state index in [1.165, 1.54) is 0 Å². The summed E-state index contributed by atoms with van der Waals surface area (Å²) >= 11 is 0. The maximum Gasteiger partial charge on any atom is 0.263 e. The Morgan fingerprint density at radius 1 is 1.40 bits per heavy atom. The third-order valence-electron chi connectivity index (χ3n) is 3.69. The lowest BCUT2D eigenvalue weighted by Gasteiger charge is -2.11. The molecule has 0 saturated heterocycles. The maximum absolute atomic E-state index is 12.5. The first-order valence-electron chi connectivity index (χ1n) is 6.43. The molecule has 20 heavy (non-hydrogen) atoms. The van der Waals surface area contributed by atoms with E-state index in [0.717, 1.165) is 11.8 Å². The topological polar surface area (TPSA) is 62.0 Å². The Morgan fingerprint density at radius 2 is 2.20 bits per heavy atom. The molecule has 1 aromatic heterocycles. The van der Waals surface area contributed by atoms with Crippen molar-refractivity contribution in [1.82, 2.24) is 9.71 Å². The number of rotatable bonds is 5. The monoisotopic (exact) mass is 288 g/mol. The molecule has 1 aromatic carbocycles. The van der Waals surface area contributed by atoms with E-state index in [2.05, 4.69) is 22.9 Å². The molecule has 1 aliphatic carbocycles. The van der Waals surface area contributed by atoms with Crippen LogP contribution in [0.3, 0.4) is 0 Å². The molecule has 0 bridgehead atoms. The summed E-state index contributed by atoms with van der Waals surface area (Å²) in [6.07, 6.45) is 4.49. The van der Waals surface area contributed by atoms with Crippen molar-refractivity contribution in [1.29, 1.82) is 0 Å². The zero-order chi connectivity index (χ0) is 14.3. The van der Waals surface area contributed by atoms with Gasteiger partial charge in [0.15, 0.2) is 0 Å². The molecule has 0 amide bonds. The second kappa shape index (κ2) is 4.52. The molecule has 4 nitrogen and oxygen atoms in total. The van der Waals surface area contributed by atoms with Gasteiger partial charge in [0.25, 0.3) is 10.0 Å². The van der Waals surface area contributed by atoms with Crippen LogP contribution in [0.2, 0.25) is 0 Å². The SMILES string of the molecule is C=CC1C[C@@H]1C(=C)NS(=O)(=O)c1cccc2cc[nH]c12. The molecule has 3 rings (SSSR count). The summed E-state index contributed by atoms with van der Waals surface area (Å²) in [4.78, 5) is 3.21. The Bertz CT molecular complexity index is 789. The highest BCUT2D eigenvalue weighted by Crippen LogP contribution is 2.43. The molecule has 0 aliphatic heterocycles. The summed E-state index contributed by atoms with van der Waals surface area (Å²) < 4.78 is 27.5. The largest absolute Gasteiger partial charge is 0.360 e. The fraction of sp³-hybridized carbons (Fsp3) is 0.200. The van der Waals surface area contributed by atoms with Gasteiger partial charge in [0.1, 0.15) is 4.90 Å². The van der Waals surface area contributed by atoms with Crippen molar-refractivity contribution in [2.24, 2.45) is 11.8 Å². The predicted octanol–water partition coefficient (Wildman–Crippen LogP) is 2.78. The quantitative estimate of drug-likeness (QED) is 0.831. The minimum Gasteiger partial charge on any atom is -0.360 e. The van der Waals surface area contributed by atoms with Gasteiger partial charge in [-0.15, -0.1) is 6.58 Å². The Balaban J connectivity index is 1.90. The molecule has 104 valence electrons. The number of hydrogen-bond donors (Lipinski definition) is 2. The van der Waals surface area contributed by atoms with Crippen LogP contribution in [-0.4, -0.2) is 13.4 Å². The smallest absolute Gasteiger partial charge is 0.263 e. The van der Waals surface area contributed by atoms with E-state index in [-0.39, 0.29) is 10.8 Å². The summed E-state index contributed by atoms with van der Waals surface area (Å²) in [5.74, 6) is 0.511. The normalized spacial score (nSPS) is 21.6. The van der Waals surface area contributed by atoms with Crippen LogP contribution in [0.15, 0.2) is 60.3 Å². The molecule has 0 spiro atoms. The lowest BCUT2D eigenvalue weighted by molar-refractivity contribution is 0.587. The van der Waals surface area contributed by atoms with Crippen molar-refractivity contribution in [3.8, 4) is 0 Å². The van der Waals surface area contributed by atoms with Crippen molar-refractivity contribution in [2.75, 3.05) is 0 Å². The van der Waals surface area contributed by atoms with Gasteiger partial charge < -0.3 is 4.98 Å².